The average molecular weight is 344 g/mol. The summed E-state index contributed by atoms with van der Waals surface area (Å²) in [7, 11) is 1.45. The summed E-state index contributed by atoms with van der Waals surface area (Å²) in [6.07, 6.45) is -0.319. The van der Waals surface area contributed by atoms with Gasteiger partial charge in [-0.15, -0.1) is 0 Å². The van der Waals surface area contributed by atoms with Gasteiger partial charge in [0.1, 0.15) is 6.04 Å². The van der Waals surface area contributed by atoms with Crippen LogP contribution in [0.15, 0.2) is 42.5 Å². The fourth-order valence-electron chi connectivity index (χ4n) is 2.57. The monoisotopic (exact) mass is 344 g/mol. The molecule has 0 aliphatic heterocycles. The molecule has 0 saturated carbocycles. The maximum Gasteiger partial charge on any atom is 0.326 e. The van der Waals surface area contributed by atoms with E-state index in [1.165, 1.54) is 7.05 Å². The van der Waals surface area contributed by atoms with Crippen LogP contribution in [0.4, 0.5) is 0 Å². The van der Waals surface area contributed by atoms with Crippen LogP contribution in [0.5, 0.6) is 0 Å². The number of carbonyl (C=O) groups excluding carboxylic acids is 1. The van der Waals surface area contributed by atoms with Crippen molar-refractivity contribution in [1.29, 1.82) is 0 Å². The van der Waals surface area contributed by atoms with Gasteiger partial charge in [0.15, 0.2) is 0 Å². The van der Waals surface area contributed by atoms with Gasteiger partial charge in [-0.3, -0.25) is 9.59 Å². The number of fused-ring (bicyclic) bond motifs is 1. The number of nitrogens with one attached hydrogen (secondary N) is 2. The minimum atomic E-state index is -1.17. The van der Waals surface area contributed by atoms with Crippen molar-refractivity contribution in [3.8, 4) is 0 Å². The largest absolute Gasteiger partial charge is 0.481 e. The number of carboxylic acid groups (broad SMARTS) is 2. The van der Waals surface area contributed by atoms with Crippen molar-refractivity contribution in [1.82, 2.24) is 10.6 Å². The molecule has 0 radical (unpaired) electrons. The van der Waals surface area contributed by atoms with Crippen LogP contribution in [0, 0.1) is 0 Å². The second-order valence-electron chi connectivity index (χ2n) is 5.72. The summed E-state index contributed by atoms with van der Waals surface area (Å²) in [6, 6.07) is 11.2. The molecule has 0 unspecified atom stereocenters. The first kappa shape index (κ1) is 18.4. The van der Waals surface area contributed by atoms with E-state index in [4.69, 9.17) is 5.11 Å². The molecular formula is C18H20N2O5. The second kappa shape index (κ2) is 8.25. The number of aliphatic carboxylic acids is 2. The highest BCUT2D eigenvalue weighted by Crippen LogP contribution is 2.16. The van der Waals surface area contributed by atoms with Gasteiger partial charge in [0.05, 0.1) is 12.5 Å². The molecule has 4 N–H and O–H groups in total. The Kier molecular flexibility index (Phi) is 6.08. The highest BCUT2D eigenvalue weighted by Gasteiger charge is 2.26. The van der Waals surface area contributed by atoms with Gasteiger partial charge in [0.2, 0.25) is 5.91 Å². The highest BCUT2D eigenvalue weighted by atomic mass is 16.4. The van der Waals surface area contributed by atoms with E-state index in [2.05, 4.69) is 10.6 Å². The smallest absolute Gasteiger partial charge is 0.326 e. The van der Waals surface area contributed by atoms with E-state index in [-0.39, 0.29) is 6.42 Å². The summed E-state index contributed by atoms with van der Waals surface area (Å²) in [5.74, 6) is -2.97. The van der Waals surface area contributed by atoms with Gasteiger partial charge in [-0.2, -0.15) is 0 Å². The number of rotatable bonds is 8. The van der Waals surface area contributed by atoms with Crippen molar-refractivity contribution in [3.63, 3.8) is 0 Å². The molecule has 0 aliphatic carbocycles. The lowest BCUT2D eigenvalue weighted by Crippen LogP contribution is -2.50. The van der Waals surface area contributed by atoms with E-state index in [9.17, 15) is 19.5 Å². The van der Waals surface area contributed by atoms with Crippen LogP contribution >= 0.6 is 0 Å². The van der Waals surface area contributed by atoms with Crippen molar-refractivity contribution in [2.45, 2.75) is 24.9 Å². The summed E-state index contributed by atoms with van der Waals surface area (Å²) in [6.45, 7) is 0. The summed E-state index contributed by atoms with van der Waals surface area (Å²) in [4.78, 5) is 34.4. The van der Waals surface area contributed by atoms with Crippen LogP contribution in [0.1, 0.15) is 12.0 Å². The summed E-state index contributed by atoms with van der Waals surface area (Å²) in [5.41, 5.74) is 0.769. The molecule has 0 fully saturated rings. The summed E-state index contributed by atoms with van der Waals surface area (Å²) in [5, 5.41) is 25.2. The number of carboxylic acids is 2. The molecule has 7 nitrogen and oxygen atoms in total. The van der Waals surface area contributed by atoms with E-state index in [0.717, 1.165) is 16.3 Å². The van der Waals surface area contributed by atoms with Crippen molar-refractivity contribution in [2.24, 2.45) is 0 Å². The lowest BCUT2D eigenvalue weighted by Gasteiger charge is -2.19. The molecule has 132 valence electrons. The molecule has 2 aromatic rings. The molecule has 0 spiro atoms. The van der Waals surface area contributed by atoms with Gasteiger partial charge in [0, 0.05) is 6.42 Å². The molecule has 7 heteroatoms. The lowest BCUT2D eigenvalue weighted by atomic mass is 10.0. The standard InChI is InChI=1S/C18H20N2O5/c1-19-14(10-16(21)22)17(23)20-15(18(24)25)9-11-6-7-12-4-2-3-5-13(12)8-11/h2-8,14-15,19H,9-10H2,1H3,(H,20,23)(H,21,22)(H,24,25)/t14-,15-/m0/s1. The van der Waals surface area contributed by atoms with Gasteiger partial charge >= 0.3 is 11.9 Å². The van der Waals surface area contributed by atoms with Gasteiger partial charge in [-0.25, -0.2) is 4.79 Å². The minimum Gasteiger partial charge on any atom is -0.481 e. The molecule has 0 bridgehead atoms. The van der Waals surface area contributed by atoms with E-state index in [0.29, 0.717) is 0 Å². The fraction of sp³-hybridized carbons (Fsp3) is 0.278. The third kappa shape index (κ3) is 5.02. The van der Waals surface area contributed by atoms with Crippen LogP contribution in [0.25, 0.3) is 10.8 Å². The Bertz CT molecular complexity index is 790. The van der Waals surface area contributed by atoms with E-state index < -0.39 is 36.4 Å². The first-order valence-electron chi connectivity index (χ1n) is 7.80. The van der Waals surface area contributed by atoms with Crippen LogP contribution in [-0.2, 0) is 20.8 Å². The molecule has 0 saturated heterocycles. The summed E-state index contributed by atoms with van der Waals surface area (Å²) < 4.78 is 0. The Morgan fingerprint density at radius 2 is 1.68 bits per heavy atom. The SMILES string of the molecule is CN[C@@H](CC(=O)O)C(=O)N[C@@H](Cc1ccc2ccccc2c1)C(=O)O. The van der Waals surface area contributed by atoms with E-state index >= 15 is 0 Å². The van der Waals surface area contributed by atoms with Crippen LogP contribution < -0.4 is 10.6 Å². The predicted molar refractivity (Wildman–Crippen MR) is 92.3 cm³/mol. The van der Waals surface area contributed by atoms with Crippen LogP contribution in [0.2, 0.25) is 0 Å². The first-order valence-corrected chi connectivity index (χ1v) is 7.80. The molecule has 25 heavy (non-hydrogen) atoms. The normalized spacial score (nSPS) is 13.2. The number of likely N-dealkylation sites (N-methyl/N-ethyl adjacent to an activating group) is 1. The maximum atomic E-state index is 12.1. The zero-order valence-corrected chi connectivity index (χ0v) is 13.7. The van der Waals surface area contributed by atoms with Gasteiger partial charge in [-0.1, -0.05) is 42.5 Å². The topological polar surface area (TPSA) is 116 Å². The average Bonchev–Trinajstić information content (AvgIpc) is 2.58. The zero-order chi connectivity index (χ0) is 18.4. The van der Waals surface area contributed by atoms with Crippen LogP contribution in [-0.4, -0.2) is 47.2 Å². The number of benzene rings is 2. The molecule has 0 aromatic heterocycles. The molecule has 2 rings (SSSR count). The van der Waals surface area contributed by atoms with Crippen molar-refractivity contribution >= 4 is 28.6 Å². The summed E-state index contributed by atoms with van der Waals surface area (Å²) >= 11 is 0. The Morgan fingerprint density at radius 3 is 2.28 bits per heavy atom. The lowest BCUT2D eigenvalue weighted by molar-refractivity contribution is -0.143. The number of carbonyl (C=O) groups is 3. The van der Waals surface area contributed by atoms with Gasteiger partial charge < -0.3 is 20.8 Å². The quantitative estimate of drug-likeness (QED) is 0.568. The molecule has 0 aliphatic rings. The third-order valence-corrected chi connectivity index (χ3v) is 3.91. The first-order chi connectivity index (χ1) is 11.9. The van der Waals surface area contributed by atoms with Crippen LogP contribution in [0.3, 0.4) is 0 Å². The maximum absolute atomic E-state index is 12.1. The van der Waals surface area contributed by atoms with E-state index in [1.54, 1.807) is 0 Å². The molecule has 0 heterocycles. The number of hydrogen-bond donors (Lipinski definition) is 4. The Hall–Kier alpha value is -2.93. The Balaban J connectivity index is 2.12. The van der Waals surface area contributed by atoms with Crippen molar-refractivity contribution in [3.05, 3.63) is 48.0 Å². The van der Waals surface area contributed by atoms with Crippen molar-refractivity contribution < 1.29 is 24.6 Å². The molecular weight excluding hydrogens is 324 g/mol. The van der Waals surface area contributed by atoms with Gasteiger partial charge in [0.25, 0.3) is 0 Å². The van der Waals surface area contributed by atoms with Gasteiger partial charge in [-0.05, 0) is 23.4 Å². The minimum absolute atomic E-state index is 0.107. The Morgan fingerprint density at radius 1 is 1.00 bits per heavy atom. The van der Waals surface area contributed by atoms with Crippen molar-refractivity contribution in [2.75, 3.05) is 7.05 Å². The number of hydrogen-bond acceptors (Lipinski definition) is 4. The van der Waals surface area contributed by atoms with E-state index in [1.807, 2.05) is 42.5 Å². The third-order valence-electron chi connectivity index (χ3n) is 3.91. The molecule has 2 atom stereocenters. The second-order valence-corrected chi connectivity index (χ2v) is 5.72. The fourth-order valence-corrected chi connectivity index (χ4v) is 2.57. The highest BCUT2D eigenvalue weighted by molar-refractivity contribution is 5.90. The molecule has 1 amide bonds. The number of amides is 1. The molecule has 2 aromatic carbocycles. The predicted octanol–water partition coefficient (Wildman–Crippen LogP) is 1.01. The zero-order valence-electron chi connectivity index (χ0n) is 13.7. The Labute approximate surface area is 144 Å².